The molecule has 8 nitrogen and oxygen atoms in total. The number of rotatable bonds is 7. The van der Waals surface area contributed by atoms with Crippen molar-refractivity contribution < 1.29 is 23.1 Å². The highest BCUT2D eigenvalue weighted by atomic mass is 19.4. The van der Waals surface area contributed by atoms with Crippen molar-refractivity contribution in [2.75, 3.05) is 28.8 Å². The Bertz CT molecular complexity index is 1250. The van der Waals surface area contributed by atoms with Gasteiger partial charge >= 0.3 is 6.18 Å². The standard InChI is InChI=1S/C24H23F3N6O2/c1-15-4-5-16(11-22(15)33-14-21(31-32-33)17-3-2-8-28-13-17)23(35)30-18-6-7-20(29-9-10-34)19(12-18)24(25,26)27/h2-8,11-14,29,31-32,34H,9-10H2,1H3,(H,30,35). The number of amides is 1. The first-order chi connectivity index (χ1) is 16.8. The lowest BCUT2D eigenvalue weighted by molar-refractivity contribution is -0.136. The number of hydrogen-bond donors (Lipinski definition) is 5. The number of aliphatic hydroxyl groups is 1. The molecule has 11 heteroatoms. The van der Waals surface area contributed by atoms with Gasteiger partial charge in [0, 0.05) is 47.6 Å². The highest BCUT2D eigenvalue weighted by molar-refractivity contribution is 6.05. The number of aryl methyl sites for hydroxylation is 1. The van der Waals surface area contributed by atoms with E-state index in [1.54, 1.807) is 35.6 Å². The van der Waals surface area contributed by atoms with Crippen LogP contribution in [-0.2, 0) is 6.18 Å². The van der Waals surface area contributed by atoms with Crippen LogP contribution in [0, 0.1) is 6.92 Å². The SMILES string of the molecule is Cc1ccc(C(=O)Nc2ccc(NCCO)c(C(F)(F)F)c2)cc1N1C=C(c2cccnc2)NN1. The topological polar surface area (TPSA) is 102 Å². The molecule has 0 spiro atoms. The Morgan fingerprint density at radius 1 is 1.17 bits per heavy atom. The van der Waals surface area contributed by atoms with E-state index in [4.69, 9.17) is 5.11 Å². The molecule has 5 N–H and O–H groups in total. The van der Waals surface area contributed by atoms with Crippen LogP contribution in [0.4, 0.5) is 30.2 Å². The van der Waals surface area contributed by atoms with E-state index in [0.717, 1.165) is 22.9 Å². The fraction of sp³-hybridized carbons (Fsp3) is 0.167. The number of aromatic nitrogens is 1. The van der Waals surface area contributed by atoms with Crippen molar-refractivity contribution in [3.63, 3.8) is 0 Å². The van der Waals surface area contributed by atoms with Crippen molar-refractivity contribution >= 4 is 28.7 Å². The first-order valence-electron chi connectivity index (χ1n) is 10.7. The number of alkyl halides is 3. The van der Waals surface area contributed by atoms with Crippen LogP contribution in [0.15, 0.2) is 67.1 Å². The minimum atomic E-state index is -4.64. The van der Waals surface area contributed by atoms with E-state index in [-0.39, 0.29) is 30.1 Å². The molecule has 1 aliphatic heterocycles. The van der Waals surface area contributed by atoms with Gasteiger partial charge in [-0.1, -0.05) is 6.07 Å². The number of carbonyl (C=O) groups is 1. The smallest absolute Gasteiger partial charge is 0.395 e. The van der Waals surface area contributed by atoms with Gasteiger partial charge in [-0.15, -0.1) is 5.53 Å². The predicted octanol–water partition coefficient (Wildman–Crippen LogP) is 3.89. The first kappa shape index (κ1) is 24.0. The van der Waals surface area contributed by atoms with Crippen LogP contribution in [0.25, 0.3) is 5.70 Å². The van der Waals surface area contributed by atoms with E-state index < -0.39 is 17.6 Å². The maximum absolute atomic E-state index is 13.5. The molecule has 0 saturated heterocycles. The Balaban J connectivity index is 1.55. The van der Waals surface area contributed by atoms with Crippen LogP contribution in [0.5, 0.6) is 0 Å². The van der Waals surface area contributed by atoms with Crippen molar-refractivity contribution in [3.8, 4) is 0 Å². The summed E-state index contributed by atoms with van der Waals surface area (Å²) in [6, 6.07) is 12.2. The van der Waals surface area contributed by atoms with Crippen molar-refractivity contribution in [1.82, 2.24) is 15.9 Å². The second-order valence-electron chi connectivity index (χ2n) is 7.76. The number of nitrogens with zero attached hydrogens (tertiary/aromatic N) is 2. The maximum Gasteiger partial charge on any atom is 0.418 e. The molecule has 0 atom stereocenters. The van der Waals surface area contributed by atoms with Gasteiger partial charge in [-0.2, -0.15) is 13.2 Å². The number of pyridine rings is 1. The minimum absolute atomic E-state index is 0.00118. The van der Waals surface area contributed by atoms with Crippen molar-refractivity contribution in [3.05, 3.63) is 89.4 Å². The summed E-state index contributed by atoms with van der Waals surface area (Å²) in [5, 5.41) is 15.7. The molecule has 3 aromatic rings. The average Bonchev–Trinajstić information content (AvgIpc) is 3.33. The maximum atomic E-state index is 13.5. The van der Waals surface area contributed by atoms with E-state index >= 15 is 0 Å². The molecule has 0 saturated carbocycles. The van der Waals surface area contributed by atoms with Gasteiger partial charge in [-0.3, -0.25) is 14.8 Å². The zero-order valence-electron chi connectivity index (χ0n) is 18.6. The summed E-state index contributed by atoms with van der Waals surface area (Å²) in [7, 11) is 0. The summed E-state index contributed by atoms with van der Waals surface area (Å²) in [6.45, 7) is 1.53. The Kier molecular flexibility index (Phi) is 6.90. The predicted molar refractivity (Wildman–Crippen MR) is 127 cm³/mol. The largest absolute Gasteiger partial charge is 0.418 e. The lowest BCUT2D eigenvalue weighted by Gasteiger charge is -2.19. The summed E-state index contributed by atoms with van der Waals surface area (Å²) in [5.74, 6) is -0.556. The molecule has 0 bridgehead atoms. The third-order valence-corrected chi connectivity index (χ3v) is 5.28. The summed E-state index contributed by atoms with van der Waals surface area (Å²) < 4.78 is 40.5. The highest BCUT2D eigenvalue weighted by Crippen LogP contribution is 2.36. The van der Waals surface area contributed by atoms with E-state index in [2.05, 4.69) is 26.6 Å². The fourth-order valence-corrected chi connectivity index (χ4v) is 3.53. The monoisotopic (exact) mass is 484 g/mol. The van der Waals surface area contributed by atoms with E-state index in [0.29, 0.717) is 5.69 Å². The molecule has 0 unspecified atom stereocenters. The molecule has 0 aliphatic carbocycles. The van der Waals surface area contributed by atoms with Crippen molar-refractivity contribution in [2.24, 2.45) is 0 Å². The van der Waals surface area contributed by atoms with Gasteiger partial charge in [0.05, 0.1) is 23.6 Å². The van der Waals surface area contributed by atoms with Crippen molar-refractivity contribution in [1.29, 1.82) is 0 Å². The number of benzene rings is 2. The minimum Gasteiger partial charge on any atom is -0.395 e. The Labute approximate surface area is 199 Å². The number of nitrogens with one attached hydrogen (secondary N) is 4. The number of anilines is 3. The zero-order valence-corrected chi connectivity index (χ0v) is 18.6. The van der Waals surface area contributed by atoms with E-state index in [1.165, 1.54) is 12.1 Å². The summed E-state index contributed by atoms with van der Waals surface area (Å²) >= 11 is 0. The molecular weight excluding hydrogens is 461 g/mol. The molecular formula is C24H23F3N6O2. The number of hydrazine groups is 2. The molecule has 2 aromatic carbocycles. The van der Waals surface area contributed by atoms with E-state index in [9.17, 15) is 18.0 Å². The Hall–Kier alpha value is -4.09. The van der Waals surface area contributed by atoms with Gasteiger partial charge in [0.25, 0.3) is 5.91 Å². The third-order valence-electron chi connectivity index (χ3n) is 5.28. The Morgan fingerprint density at radius 3 is 2.71 bits per heavy atom. The number of halogens is 3. The quantitative estimate of drug-likeness (QED) is 0.347. The van der Waals surface area contributed by atoms with Gasteiger partial charge in [0.2, 0.25) is 0 Å². The first-order valence-corrected chi connectivity index (χ1v) is 10.7. The summed E-state index contributed by atoms with van der Waals surface area (Å²) in [6.07, 6.45) is 0.560. The normalized spacial score (nSPS) is 13.3. The molecule has 182 valence electrons. The van der Waals surface area contributed by atoms with Gasteiger partial charge in [-0.05, 0) is 55.0 Å². The van der Waals surface area contributed by atoms with Gasteiger partial charge in [0.15, 0.2) is 0 Å². The zero-order chi connectivity index (χ0) is 25.0. The number of hydrogen-bond acceptors (Lipinski definition) is 7. The van der Waals surface area contributed by atoms with Crippen LogP contribution < -0.4 is 26.6 Å². The lowest BCUT2D eigenvalue weighted by Crippen LogP contribution is -2.36. The molecule has 1 aliphatic rings. The van der Waals surface area contributed by atoms with Crippen molar-refractivity contribution in [2.45, 2.75) is 13.1 Å². The van der Waals surface area contributed by atoms with Crippen LogP contribution in [-0.4, -0.2) is 29.1 Å². The van der Waals surface area contributed by atoms with Crippen LogP contribution in [0.3, 0.4) is 0 Å². The molecule has 0 radical (unpaired) electrons. The second-order valence-corrected chi connectivity index (χ2v) is 7.76. The molecule has 0 fully saturated rings. The Morgan fingerprint density at radius 2 is 2.00 bits per heavy atom. The second kappa shape index (κ2) is 10.0. The van der Waals surface area contributed by atoms with Crippen LogP contribution in [0.1, 0.15) is 27.0 Å². The summed E-state index contributed by atoms with van der Waals surface area (Å²) in [4.78, 5) is 17.0. The number of carbonyl (C=O) groups excluding carboxylic acids is 1. The van der Waals surface area contributed by atoms with Gasteiger partial charge in [0.1, 0.15) is 0 Å². The average molecular weight is 484 g/mol. The molecule has 1 aromatic heterocycles. The number of aliphatic hydroxyl groups excluding tert-OH is 1. The van der Waals surface area contributed by atoms with Crippen LogP contribution >= 0.6 is 0 Å². The molecule has 2 heterocycles. The van der Waals surface area contributed by atoms with Crippen LogP contribution in [0.2, 0.25) is 0 Å². The lowest BCUT2D eigenvalue weighted by atomic mass is 10.1. The van der Waals surface area contributed by atoms with Gasteiger partial charge in [-0.25, -0.2) is 0 Å². The third kappa shape index (κ3) is 5.53. The molecule has 1 amide bonds. The fourth-order valence-electron chi connectivity index (χ4n) is 3.53. The summed E-state index contributed by atoms with van der Waals surface area (Å²) in [5.41, 5.74) is 8.41. The highest BCUT2D eigenvalue weighted by Gasteiger charge is 2.34. The molecule has 4 rings (SSSR count). The van der Waals surface area contributed by atoms with Gasteiger partial charge < -0.3 is 21.2 Å². The van der Waals surface area contributed by atoms with E-state index in [1.807, 2.05) is 25.3 Å². The molecule has 35 heavy (non-hydrogen) atoms.